The van der Waals surface area contributed by atoms with Crippen LogP contribution in [0.4, 0.5) is 0 Å². The summed E-state index contributed by atoms with van der Waals surface area (Å²) in [4.78, 5) is 2.52. The number of benzene rings is 2. The Morgan fingerprint density at radius 1 is 1.00 bits per heavy atom. The van der Waals surface area contributed by atoms with Crippen molar-refractivity contribution < 1.29 is 9.47 Å². The highest BCUT2D eigenvalue weighted by Crippen LogP contribution is 2.39. The summed E-state index contributed by atoms with van der Waals surface area (Å²) in [5.74, 6) is 1.68. The van der Waals surface area contributed by atoms with Crippen LogP contribution in [-0.4, -0.2) is 37.9 Å². The lowest BCUT2D eigenvalue weighted by atomic mass is 9.96. The molecular weight excluding hydrogens is 356 g/mol. The molecule has 2 aromatic rings. The summed E-state index contributed by atoms with van der Waals surface area (Å²) in [5, 5.41) is 3.43. The number of ether oxygens (including phenoxy) is 2. The first kappa shape index (κ1) is 15.0. The maximum absolute atomic E-state index is 5.58. The highest BCUT2D eigenvalue weighted by molar-refractivity contribution is 9.10. The first-order valence-electron chi connectivity index (χ1n) is 7.92. The fourth-order valence-electron chi connectivity index (χ4n) is 3.31. The summed E-state index contributed by atoms with van der Waals surface area (Å²) >= 11 is 3.72. The summed E-state index contributed by atoms with van der Waals surface area (Å²) in [6.07, 6.45) is 0. The number of nitrogens with one attached hydrogen (secondary N) is 1. The number of nitrogens with zero attached hydrogens (tertiary/aromatic N) is 1. The lowest BCUT2D eigenvalue weighted by Crippen LogP contribution is -2.45. The molecular formula is C18H19BrN2O2. The molecule has 0 spiro atoms. The number of rotatable bonds is 3. The SMILES string of the molecule is Brc1ccccc1C(c1ccc2c(c1)OCO2)N1CCNCC1. The molecule has 0 amide bonds. The molecule has 0 aromatic heterocycles. The van der Waals surface area contributed by atoms with Crippen molar-refractivity contribution in [2.75, 3.05) is 33.0 Å². The number of piperazine rings is 1. The minimum atomic E-state index is 0.210. The highest BCUT2D eigenvalue weighted by Gasteiger charge is 2.27. The molecule has 1 N–H and O–H groups in total. The zero-order chi connectivity index (χ0) is 15.6. The Hall–Kier alpha value is -1.56. The van der Waals surface area contributed by atoms with Gasteiger partial charge in [-0.3, -0.25) is 4.90 Å². The maximum atomic E-state index is 5.58. The molecule has 0 bridgehead atoms. The lowest BCUT2D eigenvalue weighted by molar-refractivity contribution is 0.173. The first-order chi connectivity index (χ1) is 11.3. The molecule has 1 atom stereocenters. The van der Waals surface area contributed by atoms with Gasteiger partial charge in [0.25, 0.3) is 0 Å². The van der Waals surface area contributed by atoms with Crippen LogP contribution in [0.5, 0.6) is 11.5 Å². The van der Waals surface area contributed by atoms with Crippen LogP contribution in [0.2, 0.25) is 0 Å². The van der Waals surface area contributed by atoms with E-state index in [9.17, 15) is 0 Å². The molecule has 1 saturated heterocycles. The third kappa shape index (κ3) is 2.96. The minimum Gasteiger partial charge on any atom is -0.454 e. The van der Waals surface area contributed by atoms with E-state index >= 15 is 0 Å². The third-order valence-electron chi connectivity index (χ3n) is 4.43. The van der Waals surface area contributed by atoms with Gasteiger partial charge in [0.05, 0.1) is 6.04 Å². The molecule has 4 rings (SSSR count). The predicted molar refractivity (Wildman–Crippen MR) is 93.0 cm³/mol. The number of halogens is 1. The van der Waals surface area contributed by atoms with E-state index in [2.05, 4.69) is 62.5 Å². The molecule has 1 unspecified atom stereocenters. The van der Waals surface area contributed by atoms with Crippen molar-refractivity contribution in [1.29, 1.82) is 0 Å². The van der Waals surface area contributed by atoms with Crippen LogP contribution in [0.1, 0.15) is 17.2 Å². The highest BCUT2D eigenvalue weighted by atomic mass is 79.9. The smallest absolute Gasteiger partial charge is 0.231 e. The monoisotopic (exact) mass is 374 g/mol. The van der Waals surface area contributed by atoms with E-state index in [-0.39, 0.29) is 6.04 Å². The summed E-state index contributed by atoms with van der Waals surface area (Å²) in [6.45, 7) is 4.41. The van der Waals surface area contributed by atoms with Gasteiger partial charge in [-0.25, -0.2) is 0 Å². The van der Waals surface area contributed by atoms with Crippen LogP contribution in [0.15, 0.2) is 46.9 Å². The van der Waals surface area contributed by atoms with Gasteiger partial charge in [0.1, 0.15) is 0 Å². The molecule has 1 fully saturated rings. The van der Waals surface area contributed by atoms with E-state index in [1.54, 1.807) is 0 Å². The molecule has 2 aliphatic heterocycles. The van der Waals surface area contributed by atoms with Crippen molar-refractivity contribution in [2.45, 2.75) is 6.04 Å². The van der Waals surface area contributed by atoms with Gasteiger partial charge < -0.3 is 14.8 Å². The predicted octanol–water partition coefficient (Wildman–Crippen LogP) is 3.17. The zero-order valence-corrected chi connectivity index (χ0v) is 14.4. The van der Waals surface area contributed by atoms with Crippen LogP contribution in [0.25, 0.3) is 0 Å². The van der Waals surface area contributed by atoms with Gasteiger partial charge in [0.2, 0.25) is 6.79 Å². The maximum Gasteiger partial charge on any atom is 0.231 e. The Kier molecular flexibility index (Phi) is 4.25. The summed E-state index contributed by atoms with van der Waals surface area (Å²) in [6, 6.07) is 15.0. The molecule has 5 heteroatoms. The van der Waals surface area contributed by atoms with Crippen molar-refractivity contribution in [2.24, 2.45) is 0 Å². The number of fused-ring (bicyclic) bond motifs is 1. The summed E-state index contributed by atoms with van der Waals surface area (Å²) < 4.78 is 12.2. The number of hydrogen-bond donors (Lipinski definition) is 1. The van der Waals surface area contributed by atoms with E-state index in [1.165, 1.54) is 11.1 Å². The van der Waals surface area contributed by atoms with E-state index in [0.717, 1.165) is 42.2 Å². The van der Waals surface area contributed by atoms with Crippen molar-refractivity contribution in [3.8, 4) is 11.5 Å². The molecule has 0 saturated carbocycles. The molecule has 23 heavy (non-hydrogen) atoms. The minimum absolute atomic E-state index is 0.210. The summed E-state index contributed by atoms with van der Waals surface area (Å²) in [5.41, 5.74) is 2.52. The molecule has 120 valence electrons. The zero-order valence-electron chi connectivity index (χ0n) is 12.8. The normalized spacial score (nSPS) is 18.8. The Balaban J connectivity index is 1.77. The second-order valence-corrected chi connectivity index (χ2v) is 6.68. The Morgan fingerprint density at radius 2 is 1.78 bits per heavy atom. The van der Waals surface area contributed by atoms with Crippen LogP contribution in [-0.2, 0) is 0 Å². The average Bonchev–Trinajstić information content (AvgIpc) is 3.06. The van der Waals surface area contributed by atoms with Crippen LogP contribution < -0.4 is 14.8 Å². The standard InChI is InChI=1S/C18H19BrN2O2/c19-15-4-2-1-3-14(15)18(21-9-7-20-8-10-21)13-5-6-16-17(11-13)23-12-22-16/h1-6,11,18,20H,7-10,12H2. The van der Waals surface area contributed by atoms with Crippen LogP contribution >= 0.6 is 15.9 Å². The largest absolute Gasteiger partial charge is 0.454 e. The van der Waals surface area contributed by atoms with Crippen molar-refractivity contribution >= 4 is 15.9 Å². The van der Waals surface area contributed by atoms with Gasteiger partial charge in [-0.05, 0) is 29.3 Å². The molecule has 2 aliphatic rings. The molecule has 4 nitrogen and oxygen atoms in total. The van der Waals surface area contributed by atoms with Crippen LogP contribution in [0.3, 0.4) is 0 Å². The molecule has 2 heterocycles. The van der Waals surface area contributed by atoms with Gasteiger partial charge >= 0.3 is 0 Å². The van der Waals surface area contributed by atoms with Crippen molar-refractivity contribution in [3.63, 3.8) is 0 Å². The fraction of sp³-hybridized carbons (Fsp3) is 0.333. The van der Waals surface area contributed by atoms with Gasteiger partial charge in [-0.15, -0.1) is 0 Å². The number of hydrogen-bond acceptors (Lipinski definition) is 4. The van der Waals surface area contributed by atoms with Gasteiger partial charge in [-0.1, -0.05) is 40.2 Å². The average molecular weight is 375 g/mol. The van der Waals surface area contributed by atoms with Crippen LogP contribution in [0, 0.1) is 0 Å². The Morgan fingerprint density at radius 3 is 2.61 bits per heavy atom. The van der Waals surface area contributed by atoms with Gasteiger partial charge in [0, 0.05) is 30.7 Å². The molecule has 0 aliphatic carbocycles. The van der Waals surface area contributed by atoms with Crippen molar-refractivity contribution in [1.82, 2.24) is 10.2 Å². The van der Waals surface area contributed by atoms with Crippen molar-refractivity contribution in [3.05, 3.63) is 58.1 Å². The van der Waals surface area contributed by atoms with E-state index in [1.807, 2.05) is 6.07 Å². The lowest BCUT2D eigenvalue weighted by Gasteiger charge is -2.36. The fourth-order valence-corrected chi connectivity index (χ4v) is 3.81. The second kappa shape index (κ2) is 6.51. The van der Waals surface area contributed by atoms with Gasteiger partial charge in [0.15, 0.2) is 11.5 Å². The third-order valence-corrected chi connectivity index (χ3v) is 5.15. The molecule has 2 aromatic carbocycles. The van der Waals surface area contributed by atoms with E-state index in [0.29, 0.717) is 6.79 Å². The second-order valence-electron chi connectivity index (χ2n) is 5.82. The first-order valence-corrected chi connectivity index (χ1v) is 8.71. The Labute approximate surface area is 144 Å². The Bertz CT molecular complexity index is 701. The van der Waals surface area contributed by atoms with Gasteiger partial charge in [-0.2, -0.15) is 0 Å². The van der Waals surface area contributed by atoms with E-state index < -0.39 is 0 Å². The molecule has 0 radical (unpaired) electrons. The quantitative estimate of drug-likeness (QED) is 0.894. The van der Waals surface area contributed by atoms with E-state index in [4.69, 9.17) is 9.47 Å². The topological polar surface area (TPSA) is 33.7 Å². The summed E-state index contributed by atoms with van der Waals surface area (Å²) in [7, 11) is 0.